The molecule has 0 spiro atoms. The van der Waals surface area contributed by atoms with E-state index in [0.29, 0.717) is 21.4 Å². The van der Waals surface area contributed by atoms with Crippen molar-refractivity contribution in [1.82, 2.24) is 19.7 Å². The molecule has 1 aliphatic heterocycles. The summed E-state index contributed by atoms with van der Waals surface area (Å²) < 4.78 is 2.48. The molecule has 0 saturated carbocycles. The van der Waals surface area contributed by atoms with Crippen LogP contribution in [0.1, 0.15) is 44.0 Å². The Morgan fingerprint density at radius 2 is 2.08 bits per heavy atom. The third-order valence-corrected chi connectivity index (χ3v) is 6.27. The van der Waals surface area contributed by atoms with Crippen LogP contribution in [0.25, 0.3) is 0 Å². The Morgan fingerprint density at radius 1 is 1.35 bits per heavy atom. The summed E-state index contributed by atoms with van der Waals surface area (Å²) in [5.74, 6) is 1.16. The summed E-state index contributed by atoms with van der Waals surface area (Å²) in [6, 6.07) is 5.38. The zero-order valence-corrected chi connectivity index (χ0v) is 17.4. The summed E-state index contributed by atoms with van der Waals surface area (Å²) in [4.78, 5) is 15.2. The molecule has 1 atom stereocenters. The smallest absolute Gasteiger partial charge is 0.232 e. The van der Waals surface area contributed by atoms with Gasteiger partial charge in [-0.3, -0.25) is 9.89 Å². The van der Waals surface area contributed by atoms with Crippen molar-refractivity contribution in [3.8, 4) is 0 Å². The van der Waals surface area contributed by atoms with E-state index in [4.69, 9.17) is 35.4 Å². The maximum Gasteiger partial charge on any atom is 0.232 e. The number of halogens is 2. The molecule has 0 aliphatic carbocycles. The second kappa shape index (κ2) is 7.33. The van der Waals surface area contributed by atoms with E-state index in [0.717, 1.165) is 30.8 Å². The van der Waals surface area contributed by atoms with Gasteiger partial charge in [0.2, 0.25) is 5.91 Å². The number of aromatic nitrogens is 3. The van der Waals surface area contributed by atoms with Crippen LogP contribution >= 0.6 is 35.4 Å². The van der Waals surface area contributed by atoms with Crippen molar-refractivity contribution < 1.29 is 4.79 Å². The molecule has 2 heterocycles. The van der Waals surface area contributed by atoms with Crippen LogP contribution in [0.2, 0.25) is 10.0 Å². The normalized spacial score (nSPS) is 18.2. The highest BCUT2D eigenvalue weighted by Gasteiger charge is 2.37. The Morgan fingerprint density at radius 3 is 2.69 bits per heavy atom. The van der Waals surface area contributed by atoms with Crippen LogP contribution in [0.3, 0.4) is 0 Å². The number of hydrogen-bond acceptors (Lipinski definition) is 3. The van der Waals surface area contributed by atoms with Crippen molar-refractivity contribution in [3.05, 3.63) is 44.4 Å². The SMILES string of the molecule is Cn1c(C2CCCN(C(=O)C(C)(C)c3ccc(Cl)c(Cl)c3)C2)n[nH]c1=S. The Labute approximate surface area is 168 Å². The maximum absolute atomic E-state index is 13.3. The first-order valence-corrected chi connectivity index (χ1v) is 9.74. The molecule has 0 bridgehead atoms. The first kappa shape index (κ1) is 19.4. The van der Waals surface area contributed by atoms with Crippen LogP contribution in [0.5, 0.6) is 0 Å². The number of carbonyl (C=O) groups excluding carboxylic acids is 1. The van der Waals surface area contributed by atoms with Crippen LogP contribution in [0, 0.1) is 4.77 Å². The minimum Gasteiger partial charge on any atom is -0.341 e. The van der Waals surface area contributed by atoms with Crippen molar-refractivity contribution >= 4 is 41.3 Å². The average molecular weight is 413 g/mol. The molecule has 1 aromatic heterocycles. The van der Waals surface area contributed by atoms with E-state index in [9.17, 15) is 4.79 Å². The lowest BCUT2D eigenvalue weighted by atomic mass is 9.82. The quantitative estimate of drug-likeness (QED) is 0.756. The molecule has 1 N–H and O–H groups in total. The summed E-state index contributed by atoms with van der Waals surface area (Å²) in [5, 5.41) is 8.13. The van der Waals surface area contributed by atoms with E-state index in [1.165, 1.54) is 0 Å². The molecule has 1 aromatic carbocycles. The van der Waals surface area contributed by atoms with Crippen LogP contribution in [0.15, 0.2) is 18.2 Å². The molecule has 1 aliphatic rings. The summed E-state index contributed by atoms with van der Waals surface area (Å²) in [6.07, 6.45) is 1.93. The molecule has 5 nitrogen and oxygen atoms in total. The third-order valence-electron chi connectivity index (χ3n) is 5.16. The first-order chi connectivity index (χ1) is 12.2. The molecular formula is C18H22Cl2N4OS. The van der Waals surface area contributed by atoms with Crippen LogP contribution in [-0.4, -0.2) is 38.7 Å². The number of likely N-dealkylation sites (tertiary alicyclic amines) is 1. The molecule has 8 heteroatoms. The van der Waals surface area contributed by atoms with Crippen molar-refractivity contribution in [2.75, 3.05) is 13.1 Å². The van der Waals surface area contributed by atoms with Gasteiger partial charge < -0.3 is 9.47 Å². The van der Waals surface area contributed by atoms with Gasteiger partial charge in [0, 0.05) is 26.1 Å². The number of hydrogen-bond donors (Lipinski definition) is 1. The molecule has 1 fully saturated rings. The Bertz CT molecular complexity index is 890. The van der Waals surface area contributed by atoms with E-state index in [-0.39, 0.29) is 11.8 Å². The lowest BCUT2D eigenvalue weighted by molar-refractivity contribution is -0.137. The van der Waals surface area contributed by atoms with E-state index in [1.807, 2.05) is 36.4 Å². The molecular weight excluding hydrogens is 391 g/mol. The number of carbonyl (C=O) groups is 1. The number of H-pyrrole nitrogens is 1. The van der Waals surface area contributed by atoms with Gasteiger partial charge in [0.1, 0.15) is 5.82 Å². The van der Waals surface area contributed by atoms with Crippen LogP contribution in [-0.2, 0) is 17.3 Å². The second-order valence-corrected chi connectivity index (χ2v) is 8.49. The number of nitrogens with zero attached hydrogens (tertiary/aromatic N) is 3. The van der Waals surface area contributed by atoms with Crippen LogP contribution in [0.4, 0.5) is 0 Å². The molecule has 3 rings (SSSR count). The lowest BCUT2D eigenvalue weighted by Crippen LogP contribution is -2.47. The van der Waals surface area contributed by atoms with Crippen molar-refractivity contribution in [1.29, 1.82) is 0 Å². The molecule has 1 amide bonds. The molecule has 2 aromatic rings. The van der Waals surface area contributed by atoms with Gasteiger partial charge in [-0.15, -0.1) is 0 Å². The van der Waals surface area contributed by atoms with E-state index >= 15 is 0 Å². The molecule has 140 valence electrons. The maximum atomic E-state index is 13.3. The van der Waals surface area contributed by atoms with Gasteiger partial charge in [-0.25, -0.2) is 0 Å². The summed E-state index contributed by atoms with van der Waals surface area (Å²) >= 11 is 17.4. The largest absolute Gasteiger partial charge is 0.341 e. The summed E-state index contributed by atoms with van der Waals surface area (Å²) in [7, 11) is 1.90. The average Bonchev–Trinajstić information content (AvgIpc) is 2.95. The van der Waals surface area contributed by atoms with Gasteiger partial charge in [0.15, 0.2) is 4.77 Å². The van der Waals surface area contributed by atoms with E-state index in [2.05, 4.69) is 10.2 Å². The third kappa shape index (κ3) is 3.55. The highest BCUT2D eigenvalue weighted by atomic mass is 35.5. The van der Waals surface area contributed by atoms with Crippen molar-refractivity contribution in [2.24, 2.45) is 7.05 Å². The lowest BCUT2D eigenvalue weighted by Gasteiger charge is -2.37. The number of piperidine rings is 1. The van der Waals surface area contributed by atoms with Crippen molar-refractivity contribution in [3.63, 3.8) is 0 Å². The van der Waals surface area contributed by atoms with Crippen LogP contribution < -0.4 is 0 Å². The number of amides is 1. The number of nitrogens with one attached hydrogen (secondary N) is 1. The van der Waals surface area contributed by atoms with Crippen molar-refractivity contribution in [2.45, 2.75) is 38.0 Å². The highest BCUT2D eigenvalue weighted by molar-refractivity contribution is 7.71. The minimum absolute atomic E-state index is 0.0809. The molecule has 1 unspecified atom stereocenters. The Balaban J connectivity index is 1.83. The fourth-order valence-electron chi connectivity index (χ4n) is 3.50. The van der Waals surface area contributed by atoms with Gasteiger partial charge in [0.05, 0.1) is 15.5 Å². The Kier molecular flexibility index (Phi) is 5.47. The second-order valence-electron chi connectivity index (χ2n) is 7.29. The summed E-state index contributed by atoms with van der Waals surface area (Å²) in [5.41, 5.74) is 0.171. The number of aromatic amines is 1. The first-order valence-electron chi connectivity index (χ1n) is 8.58. The molecule has 0 radical (unpaired) electrons. The zero-order chi connectivity index (χ0) is 19.1. The zero-order valence-electron chi connectivity index (χ0n) is 15.1. The highest BCUT2D eigenvalue weighted by Crippen LogP contribution is 2.33. The predicted molar refractivity (Wildman–Crippen MR) is 106 cm³/mol. The predicted octanol–water partition coefficient (Wildman–Crippen LogP) is 4.47. The van der Waals surface area contributed by atoms with E-state index < -0.39 is 5.41 Å². The van der Waals surface area contributed by atoms with Gasteiger partial charge in [-0.2, -0.15) is 5.10 Å². The number of benzene rings is 1. The minimum atomic E-state index is -0.687. The standard InChI is InChI=1S/C18H22Cl2N4OS/c1-18(2,12-6-7-13(19)14(20)9-12)16(25)24-8-4-5-11(10-24)15-21-22-17(26)23(15)3/h6-7,9,11H,4-5,8,10H2,1-3H3,(H,22,26). The fraction of sp³-hybridized carbons (Fsp3) is 0.500. The molecule has 26 heavy (non-hydrogen) atoms. The van der Waals surface area contributed by atoms with Gasteiger partial charge in [-0.1, -0.05) is 29.3 Å². The van der Waals surface area contributed by atoms with Gasteiger partial charge >= 0.3 is 0 Å². The fourth-order valence-corrected chi connectivity index (χ4v) is 3.94. The number of rotatable bonds is 3. The monoisotopic (exact) mass is 412 g/mol. The van der Waals surface area contributed by atoms with Gasteiger partial charge in [-0.05, 0) is 56.6 Å². The molecule has 1 saturated heterocycles. The Hall–Kier alpha value is -1.37. The topological polar surface area (TPSA) is 53.9 Å². The van der Waals surface area contributed by atoms with E-state index in [1.54, 1.807) is 12.1 Å². The van der Waals surface area contributed by atoms with Gasteiger partial charge in [0.25, 0.3) is 0 Å². The summed E-state index contributed by atoms with van der Waals surface area (Å²) in [6.45, 7) is 5.23.